The van der Waals surface area contributed by atoms with Crippen LogP contribution in [0.2, 0.25) is 0 Å². The molecule has 6 N–H and O–H groups in total. The lowest BCUT2D eigenvalue weighted by Crippen LogP contribution is -2.21. The maximum absolute atomic E-state index is 10.2. The van der Waals surface area contributed by atoms with Crippen LogP contribution in [0.15, 0.2) is 24.3 Å². The second-order valence-electron chi connectivity index (χ2n) is 8.49. The average molecular weight is 412 g/mol. The van der Waals surface area contributed by atoms with Crippen LogP contribution in [-0.4, -0.2) is 36.5 Å². The minimum Gasteiger partial charge on any atom is -0.507 e. The van der Waals surface area contributed by atoms with Gasteiger partial charge in [0.25, 0.3) is 0 Å². The molecule has 1 aromatic heterocycles. The van der Waals surface area contributed by atoms with E-state index in [2.05, 4.69) is 4.98 Å². The zero-order valence-corrected chi connectivity index (χ0v) is 17.7. The Kier molecular flexibility index (Phi) is 6.35. The number of anilines is 1. The Morgan fingerprint density at radius 2 is 1.80 bits per heavy atom. The molecule has 6 heteroatoms. The first-order valence-electron chi connectivity index (χ1n) is 11.0. The van der Waals surface area contributed by atoms with E-state index in [-0.39, 0.29) is 5.75 Å². The number of para-hydroxylation sites is 1. The molecule has 4 rings (SSSR count). The molecule has 2 fully saturated rings. The van der Waals surface area contributed by atoms with Crippen LogP contribution in [-0.2, 0) is 9.47 Å². The molecule has 2 heterocycles. The lowest BCUT2D eigenvalue weighted by molar-refractivity contribution is 0.0653. The van der Waals surface area contributed by atoms with E-state index >= 15 is 0 Å². The first-order chi connectivity index (χ1) is 14.6. The van der Waals surface area contributed by atoms with Crippen molar-refractivity contribution >= 4 is 17.6 Å². The van der Waals surface area contributed by atoms with E-state index in [4.69, 9.17) is 20.9 Å². The molecule has 0 atom stereocenters. The second-order valence-corrected chi connectivity index (χ2v) is 8.49. The first-order valence-corrected chi connectivity index (χ1v) is 11.0. The molecule has 162 valence electrons. The van der Waals surface area contributed by atoms with E-state index < -0.39 is 0 Å². The van der Waals surface area contributed by atoms with Crippen LogP contribution in [0.5, 0.6) is 5.75 Å². The quantitative estimate of drug-likeness (QED) is 0.586. The van der Waals surface area contributed by atoms with Crippen molar-refractivity contribution in [2.24, 2.45) is 5.73 Å². The Balaban J connectivity index is 1.74. The van der Waals surface area contributed by atoms with Gasteiger partial charge in [-0.3, -0.25) is 0 Å². The van der Waals surface area contributed by atoms with E-state index in [0.29, 0.717) is 35.0 Å². The molecular weight excluding hydrogens is 378 g/mol. The lowest BCUT2D eigenvalue weighted by atomic mass is 9.78. The number of nitrogens with two attached hydrogens (primary N) is 2. The van der Waals surface area contributed by atoms with Crippen molar-refractivity contribution in [2.45, 2.75) is 56.5 Å². The maximum Gasteiger partial charge on any atom is 0.124 e. The van der Waals surface area contributed by atoms with E-state index in [1.54, 1.807) is 19.2 Å². The smallest absolute Gasteiger partial charge is 0.124 e. The molecule has 2 aliphatic rings. The van der Waals surface area contributed by atoms with Crippen LogP contribution in [0.1, 0.15) is 72.7 Å². The number of aromatic nitrogens is 1. The predicted molar refractivity (Wildman–Crippen MR) is 120 cm³/mol. The summed E-state index contributed by atoms with van der Waals surface area (Å²) < 4.78 is 11.2. The number of methoxy groups -OCH3 is 1. The van der Waals surface area contributed by atoms with E-state index in [1.807, 2.05) is 18.2 Å². The minimum atomic E-state index is 0.173. The molecule has 2 aromatic rings. The molecule has 0 amide bonds. The highest BCUT2D eigenvalue weighted by atomic mass is 16.5. The highest BCUT2D eigenvalue weighted by Gasteiger charge is 2.31. The number of benzene rings is 1. The number of hydrogen-bond acceptors (Lipinski definition) is 5. The molecule has 1 saturated carbocycles. The van der Waals surface area contributed by atoms with Gasteiger partial charge in [-0.15, -0.1) is 0 Å². The molecule has 0 radical (unpaired) electrons. The summed E-state index contributed by atoms with van der Waals surface area (Å²) in [6.45, 7) is 1.56. The van der Waals surface area contributed by atoms with E-state index in [0.717, 1.165) is 57.3 Å². The molecule has 0 unspecified atom stereocenters. The number of nitrogens with one attached hydrogen (secondary N) is 1. The van der Waals surface area contributed by atoms with Crippen molar-refractivity contribution in [1.82, 2.24) is 4.98 Å². The van der Waals surface area contributed by atoms with Gasteiger partial charge < -0.3 is 31.0 Å². The fourth-order valence-electron chi connectivity index (χ4n) is 5.01. The highest BCUT2D eigenvalue weighted by Crippen LogP contribution is 2.44. The Bertz CT molecular complexity index is 891. The number of hydrogen-bond donors (Lipinski definition) is 4. The van der Waals surface area contributed by atoms with Crippen molar-refractivity contribution in [3.05, 3.63) is 46.6 Å². The Morgan fingerprint density at radius 3 is 2.47 bits per heavy atom. The molecule has 1 aliphatic heterocycles. The third-order valence-electron chi connectivity index (χ3n) is 6.70. The van der Waals surface area contributed by atoms with Crippen LogP contribution in [0.3, 0.4) is 0 Å². The van der Waals surface area contributed by atoms with Crippen molar-refractivity contribution < 1.29 is 14.6 Å². The van der Waals surface area contributed by atoms with Gasteiger partial charge in [0.05, 0.1) is 6.10 Å². The molecular formula is C24H33N3O3. The van der Waals surface area contributed by atoms with Gasteiger partial charge in [-0.05, 0) is 68.2 Å². The second kappa shape index (κ2) is 9.14. The number of nitrogen functional groups attached to an aromatic ring is 1. The standard InChI is InChI=1S/C24H33N3O3/c1-29-17-8-6-15(7-9-17)22-19(14-20(25)18-4-2-3-5-21(18)28)24(26)27-23(22)16-10-12-30-13-11-16/h2-5,14-17,27-28H,6-13,25-26H2,1H3/b20-14-. The normalized spacial score (nSPS) is 23.6. The maximum atomic E-state index is 10.2. The summed E-state index contributed by atoms with van der Waals surface area (Å²) in [5.74, 6) is 1.67. The fraction of sp³-hybridized carbons (Fsp3) is 0.500. The predicted octanol–water partition coefficient (Wildman–Crippen LogP) is 4.33. The molecule has 0 bridgehead atoms. The summed E-state index contributed by atoms with van der Waals surface area (Å²) >= 11 is 0. The third kappa shape index (κ3) is 4.20. The van der Waals surface area contributed by atoms with Gasteiger partial charge in [0.15, 0.2) is 0 Å². The van der Waals surface area contributed by atoms with Crippen LogP contribution in [0.25, 0.3) is 11.8 Å². The Labute approximate surface area is 178 Å². The van der Waals surface area contributed by atoms with E-state index in [9.17, 15) is 5.11 Å². The highest BCUT2D eigenvalue weighted by molar-refractivity contribution is 5.86. The topological polar surface area (TPSA) is 107 Å². The number of aromatic amines is 1. The number of H-pyrrole nitrogens is 1. The van der Waals surface area contributed by atoms with Crippen LogP contribution < -0.4 is 11.5 Å². The summed E-state index contributed by atoms with van der Waals surface area (Å²) in [7, 11) is 1.80. The Morgan fingerprint density at radius 1 is 1.10 bits per heavy atom. The van der Waals surface area contributed by atoms with Crippen LogP contribution in [0.4, 0.5) is 5.82 Å². The van der Waals surface area contributed by atoms with Crippen molar-refractivity contribution in [1.29, 1.82) is 0 Å². The first kappa shape index (κ1) is 20.8. The average Bonchev–Trinajstić information content (AvgIpc) is 3.10. The molecule has 0 spiro atoms. The molecule has 1 saturated heterocycles. The summed E-state index contributed by atoms with van der Waals surface area (Å²) in [6, 6.07) is 7.14. The van der Waals surface area contributed by atoms with Gasteiger partial charge in [0.2, 0.25) is 0 Å². The summed E-state index contributed by atoms with van der Waals surface area (Å²) in [6.07, 6.45) is 8.52. The molecule has 1 aliphatic carbocycles. The summed E-state index contributed by atoms with van der Waals surface area (Å²) in [4.78, 5) is 3.51. The number of aromatic hydroxyl groups is 1. The number of ether oxygens (including phenoxy) is 2. The van der Waals surface area contributed by atoms with Gasteiger partial charge in [0, 0.05) is 48.8 Å². The van der Waals surface area contributed by atoms with Gasteiger partial charge >= 0.3 is 0 Å². The van der Waals surface area contributed by atoms with Crippen LogP contribution >= 0.6 is 0 Å². The van der Waals surface area contributed by atoms with Crippen LogP contribution in [0, 0.1) is 0 Å². The molecule has 6 nitrogen and oxygen atoms in total. The number of phenols is 1. The SMILES string of the molecule is COC1CCC(c2c(C3CCOCC3)[nH]c(N)c2/C=C(\N)c2ccccc2O)CC1. The van der Waals surface area contributed by atoms with Crippen molar-refractivity contribution in [3.63, 3.8) is 0 Å². The number of phenolic OH excluding ortho intramolecular Hbond substituents is 1. The summed E-state index contributed by atoms with van der Waals surface area (Å²) in [5, 5.41) is 10.2. The zero-order chi connectivity index (χ0) is 21.1. The minimum absolute atomic E-state index is 0.173. The number of rotatable bonds is 5. The molecule has 30 heavy (non-hydrogen) atoms. The third-order valence-corrected chi connectivity index (χ3v) is 6.70. The van der Waals surface area contributed by atoms with Gasteiger partial charge in [0.1, 0.15) is 11.6 Å². The van der Waals surface area contributed by atoms with Gasteiger partial charge in [-0.1, -0.05) is 12.1 Å². The fourth-order valence-corrected chi connectivity index (χ4v) is 5.01. The van der Waals surface area contributed by atoms with Crippen molar-refractivity contribution in [3.8, 4) is 5.75 Å². The zero-order valence-electron chi connectivity index (χ0n) is 17.7. The van der Waals surface area contributed by atoms with Crippen molar-refractivity contribution in [2.75, 3.05) is 26.1 Å². The lowest BCUT2D eigenvalue weighted by Gasteiger charge is -2.30. The van der Waals surface area contributed by atoms with Gasteiger partial charge in [-0.2, -0.15) is 0 Å². The monoisotopic (exact) mass is 411 g/mol. The largest absolute Gasteiger partial charge is 0.507 e. The van der Waals surface area contributed by atoms with Gasteiger partial charge in [-0.25, -0.2) is 0 Å². The molecule has 1 aromatic carbocycles. The Hall–Kier alpha value is -2.44. The van der Waals surface area contributed by atoms with E-state index in [1.165, 1.54) is 11.3 Å². The summed E-state index contributed by atoms with van der Waals surface area (Å²) in [5.41, 5.74) is 17.6.